The number of rotatable bonds is 8. The van der Waals surface area contributed by atoms with Crippen molar-refractivity contribution in [1.82, 2.24) is 5.32 Å². The summed E-state index contributed by atoms with van der Waals surface area (Å²) in [6, 6.07) is 22.7. The minimum atomic E-state index is -0.898. The average Bonchev–Trinajstić information content (AvgIpc) is 3.15. The summed E-state index contributed by atoms with van der Waals surface area (Å²) in [5.41, 5.74) is 5.54. The second-order valence-electron chi connectivity index (χ2n) is 8.44. The Hall–Kier alpha value is -4.13. The molecule has 0 spiro atoms. The number of anilines is 1. The predicted molar refractivity (Wildman–Crippen MR) is 129 cm³/mol. The van der Waals surface area contributed by atoms with E-state index in [2.05, 4.69) is 34.9 Å². The Balaban J connectivity index is 1.31. The lowest BCUT2D eigenvalue weighted by Gasteiger charge is -2.15. The highest BCUT2D eigenvalue weighted by molar-refractivity contribution is 5.95. The van der Waals surface area contributed by atoms with Gasteiger partial charge in [-0.2, -0.15) is 0 Å². The molecule has 2 amide bonds. The molecule has 1 aliphatic carbocycles. The van der Waals surface area contributed by atoms with Gasteiger partial charge in [0.25, 0.3) is 5.91 Å². The van der Waals surface area contributed by atoms with Crippen molar-refractivity contribution in [3.05, 3.63) is 89.5 Å². The fraction of sp³-hybridized carbons (Fsp3) is 0.222. The maximum atomic E-state index is 12.4. The van der Waals surface area contributed by atoms with Gasteiger partial charge < -0.3 is 15.2 Å². The number of nitrogens with one attached hydrogen (secondary N) is 2. The van der Waals surface area contributed by atoms with E-state index < -0.39 is 12.1 Å². The van der Waals surface area contributed by atoms with Gasteiger partial charge in [0.15, 0.2) is 0 Å². The lowest BCUT2D eigenvalue weighted by Crippen LogP contribution is -2.29. The van der Waals surface area contributed by atoms with E-state index in [4.69, 9.17) is 9.84 Å². The van der Waals surface area contributed by atoms with E-state index in [1.54, 1.807) is 31.2 Å². The summed E-state index contributed by atoms with van der Waals surface area (Å²) < 4.78 is 5.54. The lowest BCUT2D eigenvalue weighted by atomic mass is 9.98. The first-order chi connectivity index (χ1) is 16.4. The van der Waals surface area contributed by atoms with E-state index in [-0.39, 0.29) is 37.3 Å². The van der Waals surface area contributed by atoms with Crippen LogP contribution in [0.25, 0.3) is 11.1 Å². The fourth-order valence-corrected chi connectivity index (χ4v) is 4.20. The molecule has 0 bridgehead atoms. The highest BCUT2D eigenvalue weighted by Crippen LogP contribution is 2.44. The van der Waals surface area contributed by atoms with Gasteiger partial charge in [0.2, 0.25) is 0 Å². The molecule has 0 fully saturated rings. The highest BCUT2D eigenvalue weighted by Gasteiger charge is 2.29. The Morgan fingerprint density at radius 2 is 1.50 bits per heavy atom. The summed E-state index contributed by atoms with van der Waals surface area (Å²) in [5, 5.41) is 14.2. The minimum Gasteiger partial charge on any atom is -0.481 e. The molecule has 0 radical (unpaired) electrons. The summed E-state index contributed by atoms with van der Waals surface area (Å²) in [7, 11) is 0. The molecule has 0 saturated carbocycles. The number of carbonyl (C=O) groups is 3. The van der Waals surface area contributed by atoms with Crippen molar-refractivity contribution >= 4 is 23.7 Å². The van der Waals surface area contributed by atoms with Crippen molar-refractivity contribution in [2.45, 2.75) is 19.3 Å². The number of benzene rings is 3. The Kier molecular flexibility index (Phi) is 6.92. The molecular formula is C27H26N2O5. The monoisotopic (exact) mass is 458 g/mol. The molecule has 7 heteroatoms. The molecule has 0 aromatic heterocycles. The van der Waals surface area contributed by atoms with Gasteiger partial charge in [0.05, 0.1) is 0 Å². The normalized spacial score (nSPS) is 12.9. The Morgan fingerprint density at radius 3 is 2.09 bits per heavy atom. The molecule has 174 valence electrons. The maximum Gasteiger partial charge on any atom is 0.411 e. The number of carboxylic acid groups (broad SMARTS) is 1. The van der Waals surface area contributed by atoms with Crippen LogP contribution in [0, 0.1) is 5.92 Å². The zero-order valence-corrected chi connectivity index (χ0v) is 18.8. The molecule has 0 aliphatic heterocycles. The van der Waals surface area contributed by atoms with Crippen LogP contribution in [0.5, 0.6) is 0 Å². The third-order valence-electron chi connectivity index (χ3n) is 5.87. The van der Waals surface area contributed by atoms with Gasteiger partial charge >= 0.3 is 12.1 Å². The molecule has 0 heterocycles. The Labute approximate surface area is 197 Å². The first-order valence-corrected chi connectivity index (χ1v) is 11.1. The quantitative estimate of drug-likeness (QED) is 0.446. The summed E-state index contributed by atoms with van der Waals surface area (Å²) in [6.45, 7) is 2.25. The second-order valence-corrected chi connectivity index (χ2v) is 8.44. The van der Waals surface area contributed by atoms with Crippen LogP contribution in [-0.2, 0) is 9.53 Å². The zero-order chi connectivity index (χ0) is 24.1. The molecule has 0 saturated heterocycles. The topological polar surface area (TPSA) is 105 Å². The summed E-state index contributed by atoms with van der Waals surface area (Å²) in [4.78, 5) is 35.4. The standard InChI is InChI=1S/C27H26N2O5/c1-17(14-25(30)31)15-28-26(32)18-10-12-19(13-11-18)29-27(33)34-16-24-22-8-4-2-6-20(22)21-7-3-5-9-23(21)24/h2-13,17,24H,14-16H2,1H3,(H,28,32)(H,29,33)(H,30,31). The fourth-order valence-electron chi connectivity index (χ4n) is 4.20. The molecule has 1 aliphatic rings. The summed E-state index contributed by atoms with van der Waals surface area (Å²) in [5.74, 6) is -1.39. The van der Waals surface area contributed by atoms with Crippen molar-refractivity contribution in [3.8, 4) is 11.1 Å². The SMILES string of the molecule is CC(CNC(=O)c1ccc(NC(=O)OCC2c3ccccc3-c3ccccc32)cc1)CC(=O)O. The number of hydrogen-bond acceptors (Lipinski definition) is 4. The molecule has 3 aromatic rings. The van der Waals surface area contributed by atoms with Gasteiger partial charge in [-0.3, -0.25) is 14.9 Å². The van der Waals surface area contributed by atoms with Crippen LogP contribution in [0.4, 0.5) is 10.5 Å². The third kappa shape index (κ3) is 5.26. The van der Waals surface area contributed by atoms with Crippen LogP contribution < -0.4 is 10.6 Å². The highest BCUT2D eigenvalue weighted by atomic mass is 16.5. The largest absolute Gasteiger partial charge is 0.481 e. The zero-order valence-electron chi connectivity index (χ0n) is 18.8. The van der Waals surface area contributed by atoms with Crippen LogP contribution in [0.3, 0.4) is 0 Å². The molecule has 1 unspecified atom stereocenters. The molecular weight excluding hydrogens is 432 g/mol. The predicted octanol–water partition coefficient (Wildman–Crippen LogP) is 4.89. The van der Waals surface area contributed by atoms with E-state index >= 15 is 0 Å². The molecule has 4 rings (SSSR count). The minimum absolute atomic E-state index is 0.0106. The second kappa shape index (κ2) is 10.2. The summed E-state index contributed by atoms with van der Waals surface area (Å²) >= 11 is 0. The van der Waals surface area contributed by atoms with Gasteiger partial charge in [0, 0.05) is 30.1 Å². The van der Waals surface area contributed by atoms with Crippen molar-refractivity contribution in [2.75, 3.05) is 18.5 Å². The number of ether oxygens (including phenoxy) is 1. The van der Waals surface area contributed by atoms with Crippen LogP contribution >= 0.6 is 0 Å². The number of carbonyl (C=O) groups excluding carboxylic acids is 2. The number of aliphatic carboxylic acids is 1. The molecule has 34 heavy (non-hydrogen) atoms. The van der Waals surface area contributed by atoms with Crippen LogP contribution in [0.1, 0.15) is 40.7 Å². The first-order valence-electron chi connectivity index (χ1n) is 11.1. The van der Waals surface area contributed by atoms with E-state index in [9.17, 15) is 14.4 Å². The Morgan fingerprint density at radius 1 is 0.912 bits per heavy atom. The average molecular weight is 459 g/mol. The van der Waals surface area contributed by atoms with Crippen LogP contribution in [-0.4, -0.2) is 36.2 Å². The smallest absolute Gasteiger partial charge is 0.411 e. The maximum absolute atomic E-state index is 12.4. The van der Waals surface area contributed by atoms with Gasteiger partial charge in [-0.1, -0.05) is 55.5 Å². The summed E-state index contributed by atoms with van der Waals surface area (Å²) in [6.07, 6.45) is -0.579. The van der Waals surface area contributed by atoms with Gasteiger partial charge in [-0.15, -0.1) is 0 Å². The Bertz CT molecular complexity index is 1160. The first kappa shape index (κ1) is 23.0. The van der Waals surface area contributed by atoms with Crippen molar-refractivity contribution in [2.24, 2.45) is 5.92 Å². The van der Waals surface area contributed by atoms with Gasteiger partial charge in [-0.05, 0) is 52.4 Å². The van der Waals surface area contributed by atoms with Crippen molar-refractivity contribution in [1.29, 1.82) is 0 Å². The molecule has 3 aromatic carbocycles. The van der Waals surface area contributed by atoms with Gasteiger partial charge in [-0.25, -0.2) is 4.79 Å². The lowest BCUT2D eigenvalue weighted by molar-refractivity contribution is -0.137. The molecule has 3 N–H and O–H groups in total. The van der Waals surface area contributed by atoms with E-state index in [1.807, 2.05) is 24.3 Å². The third-order valence-corrected chi connectivity index (χ3v) is 5.87. The number of carboxylic acids is 1. The van der Waals surface area contributed by atoms with Gasteiger partial charge in [0.1, 0.15) is 6.61 Å². The number of amides is 2. The van der Waals surface area contributed by atoms with Crippen LogP contribution in [0.15, 0.2) is 72.8 Å². The van der Waals surface area contributed by atoms with E-state index in [1.165, 1.54) is 11.1 Å². The molecule has 1 atom stereocenters. The number of fused-ring (bicyclic) bond motifs is 3. The van der Waals surface area contributed by atoms with Crippen LogP contribution in [0.2, 0.25) is 0 Å². The van der Waals surface area contributed by atoms with Crippen molar-refractivity contribution < 1.29 is 24.2 Å². The van der Waals surface area contributed by atoms with Crippen molar-refractivity contribution in [3.63, 3.8) is 0 Å². The van der Waals surface area contributed by atoms with E-state index in [0.29, 0.717) is 11.3 Å². The molecule has 7 nitrogen and oxygen atoms in total. The van der Waals surface area contributed by atoms with E-state index in [0.717, 1.165) is 11.1 Å². The number of hydrogen-bond donors (Lipinski definition) is 3.